The summed E-state index contributed by atoms with van der Waals surface area (Å²) in [6.45, 7) is 2.15. The number of carbonyl (C=O) groups is 1. The first-order chi connectivity index (χ1) is 12.2. The number of fused-ring (bicyclic) bond motifs is 1. The predicted octanol–water partition coefficient (Wildman–Crippen LogP) is 4.91. The van der Waals surface area contributed by atoms with E-state index in [1.165, 1.54) is 16.3 Å². The highest BCUT2D eigenvalue weighted by molar-refractivity contribution is 5.94. The lowest BCUT2D eigenvalue weighted by molar-refractivity contribution is 0.0951. The van der Waals surface area contributed by atoms with Crippen LogP contribution in [0, 0.1) is 0 Å². The Morgan fingerprint density at radius 2 is 1.68 bits per heavy atom. The van der Waals surface area contributed by atoms with Gasteiger partial charge in [0.1, 0.15) is 0 Å². The van der Waals surface area contributed by atoms with Crippen molar-refractivity contribution in [1.82, 2.24) is 5.32 Å². The molecule has 4 rings (SSSR count). The first-order valence-corrected chi connectivity index (χ1v) is 8.85. The number of rotatable bonds is 5. The lowest BCUT2D eigenvalue weighted by atomic mass is 10.0. The van der Waals surface area contributed by atoms with Crippen LogP contribution >= 0.6 is 0 Å². The Morgan fingerprint density at radius 1 is 0.960 bits per heavy atom. The number of benzene rings is 3. The third-order valence-electron chi connectivity index (χ3n) is 4.72. The number of amides is 1. The number of hydrogen-bond donors (Lipinski definition) is 2. The van der Waals surface area contributed by atoms with E-state index in [1.54, 1.807) is 0 Å². The minimum atomic E-state index is 0.0247. The molecule has 0 radical (unpaired) electrons. The summed E-state index contributed by atoms with van der Waals surface area (Å²) in [4.78, 5) is 12.0. The Labute approximate surface area is 148 Å². The molecule has 25 heavy (non-hydrogen) atoms. The molecule has 0 aromatic heterocycles. The van der Waals surface area contributed by atoms with Gasteiger partial charge in [-0.3, -0.25) is 4.79 Å². The quantitative estimate of drug-likeness (QED) is 0.698. The minimum absolute atomic E-state index is 0.0247. The van der Waals surface area contributed by atoms with Gasteiger partial charge in [0.05, 0.1) is 0 Å². The fourth-order valence-electron chi connectivity index (χ4n) is 3.02. The molecule has 3 heteroatoms. The van der Waals surface area contributed by atoms with E-state index in [4.69, 9.17) is 0 Å². The highest BCUT2D eigenvalue weighted by atomic mass is 16.1. The van der Waals surface area contributed by atoms with Crippen LogP contribution in [0.4, 0.5) is 5.69 Å². The van der Waals surface area contributed by atoms with Crippen molar-refractivity contribution in [3.8, 4) is 0 Å². The largest absolute Gasteiger partial charge is 0.379 e. The van der Waals surface area contributed by atoms with Gasteiger partial charge in [0.2, 0.25) is 0 Å². The van der Waals surface area contributed by atoms with E-state index in [0.29, 0.717) is 6.04 Å². The summed E-state index contributed by atoms with van der Waals surface area (Å²) in [5, 5.41) is 9.03. The fraction of sp³-hybridized carbons (Fsp3) is 0.227. The highest BCUT2D eigenvalue weighted by Gasteiger charge is 2.23. The third kappa shape index (κ3) is 3.66. The Balaban J connectivity index is 1.45. The van der Waals surface area contributed by atoms with Gasteiger partial charge in [-0.25, -0.2) is 0 Å². The van der Waals surface area contributed by atoms with Crippen molar-refractivity contribution in [3.63, 3.8) is 0 Å². The van der Waals surface area contributed by atoms with Gasteiger partial charge in [0.25, 0.3) is 5.91 Å². The average Bonchev–Trinajstić information content (AvgIpc) is 3.46. The minimum Gasteiger partial charge on any atom is -0.379 e. The average molecular weight is 330 g/mol. The van der Waals surface area contributed by atoms with Crippen molar-refractivity contribution in [2.24, 2.45) is 0 Å². The number of nitrogens with one attached hydrogen (secondary N) is 2. The molecular formula is C22H22N2O. The lowest BCUT2D eigenvalue weighted by Gasteiger charge is -2.17. The molecule has 1 aliphatic rings. The Morgan fingerprint density at radius 3 is 2.40 bits per heavy atom. The van der Waals surface area contributed by atoms with Crippen LogP contribution in [0.15, 0.2) is 66.7 Å². The van der Waals surface area contributed by atoms with E-state index in [2.05, 4.69) is 60.0 Å². The smallest absolute Gasteiger partial charge is 0.251 e. The van der Waals surface area contributed by atoms with Crippen LogP contribution in [0.1, 0.15) is 41.7 Å². The Kier molecular flexibility index (Phi) is 4.14. The van der Waals surface area contributed by atoms with Crippen molar-refractivity contribution in [3.05, 3.63) is 77.9 Å². The molecular weight excluding hydrogens is 308 g/mol. The zero-order valence-electron chi connectivity index (χ0n) is 14.3. The van der Waals surface area contributed by atoms with Gasteiger partial charge in [0.15, 0.2) is 0 Å². The molecule has 1 unspecified atom stereocenters. The molecule has 1 atom stereocenters. The van der Waals surface area contributed by atoms with E-state index in [-0.39, 0.29) is 11.9 Å². The molecule has 3 nitrogen and oxygen atoms in total. The van der Waals surface area contributed by atoms with Crippen LogP contribution in [0.3, 0.4) is 0 Å². The van der Waals surface area contributed by atoms with E-state index in [1.807, 2.05) is 24.3 Å². The Bertz CT molecular complexity index is 897. The van der Waals surface area contributed by atoms with Gasteiger partial charge in [-0.15, -0.1) is 0 Å². The molecule has 3 aromatic carbocycles. The van der Waals surface area contributed by atoms with Gasteiger partial charge >= 0.3 is 0 Å². The summed E-state index contributed by atoms with van der Waals surface area (Å²) < 4.78 is 0. The van der Waals surface area contributed by atoms with Crippen molar-refractivity contribution < 1.29 is 4.79 Å². The molecule has 0 heterocycles. The lowest BCUT2D eigenvalue weighted by Crippen LogP contribution is -2.25. The van der Waals surface area contributed by atoms with E-state index >= 15 is 0 Å². The molecule has 1 aliphatic carbocycles. The van der Waals surface area contributed by atoms with Crippen molar-refractivity contribution in [2.45, 2.75) is 31.8 Å². The normalized spacial score (nSPS) is 14.9. The summed E-state index contributed by atoms with van der Waals surface area (Å²) in [5.41, 5.74) is 2.98. The SMILES string of the molecule is CC(Nc1ccc(C(=O)NC2CC2)cc1)c1ccc2ccccc2c1. The van der Waals surface area contributed by atoms with Crippen molar-refractivity contribution >= 4 is 22.4 Å². The molecule has 0 bridgehead atoms. The van der Waals surface area contributed by atoms with Crippen molar-refractivity contribution in [1.29, 1.82) is 0 Å². The van der Waals surface area contributed by atoms with Gasteiger partial charge in [0, 0.05) is 23.3 Å². The van der Waals surface area contributed by atoms with Crippen LogP contribution < -0.4 is 10.6 Å². The summed E-state index contributed by atoms with van der Waals surface area (Å²) in [7, 11) is 0. The number of carbonyl (C=O) groups excluding carboxylic acids is 1. The first kappa shape index (κ1) is 15.7. The third-order valence-corrected chi connectivity index (χ3v) is 4.72. The fourth-order valence-corrected chi connectivity index (χ4v) is 3.02. The monoisotopic (exact) mass is 330 g/mol. The molecule has 0 aliphatic heterocycles. The van der Waals surface area contributed by atoms with E-state index in [0.717, 1.165) is 24.1 Å². The second-order valence-corrected chi connectivity index (χ2v) is 6.80. The molecule has 1 fully saturated rings. The standard InChI is InChI=1S/C22H22N2O/c1-15(18-7-6-16-4-2-3-5-19(16)14-18)23-20-10-8-17(9-11-20)22(25)24-21-12-13-21/h2-11,14-15,21,23H,12-13H2,1H3,(H,24,25). The van der Waals surface area contributed by atoms with Crippen molar-refractivity contribution in [2.75, 3.05) is 5.32 Å². The van der Waals surface area contributed by atoms with Crippen LogP contribution in [0.2, 0.25) is 0 Å². The predicted molar refractivity (Wildman–Crippen MR) is 103 cm³/mol. The van der Waals surface area contributed by atoms with Crippen LogP contribution in [-0.2, 0) is 0 Å². The molecule has 1 amide bonds. The first-order valence-electron chi connectivity index (χ1n) is 8.85. The second kappa shape index (κ2) is 6.60. The van der Waals surface area contributed by atoms with E-state index < -0.39 is 0 Å². The maximum atomic E-state index is 12.0. The zero-order valence-corrected chi connectivity index (χ0v) is 14.3. The molecule has 1 saturated carbocycles. The number of hydrogen-bond acceptors (Lipinski definition) is 2. The van der Waals surface area contributed by atoms with Gasteiger partial charge in [-0.2, -0.15) is 0 Å². The summed E-state index contributed by atoms with van der Waals surface area (Å²) in [6.07, 6.45) is 2.21. The van der Waals surface area contributed by atoms with Crippen LogP contribution in [-0.4, -0.2) is 11.9 Å². The van der Waals surface area contributed by atoms with Gasteiger partial charge in [-0.05, 0) is 66.4 Å². The molecule has 0 spiro atoms. The maximum absolute atomic E-state index is 12.0. The summed E-state index contributed by atoms with van der Waals surface area (Å²) in [6, 6.07) is 23.2. The zero-order chi connectivity index (χ0) is 17.2. The topological polar surface area (TPSA) is 41.1 Å². The Hall–Kier alpha value is -2.81. The molecule has 3 aromatic rings. The molecule has 2 N–H and O–H groups in total. The molecule has 0 saturated heterocycles. The summed E-state index contributed by atoms with van der Waals surface area (Å²) >= 11 is 0. The number of anilines is 1. The van der Waals surface area contributed by atoms with Gasteiger partial charge in [-0.1, -0.05) is 36.4 Å². The van der Waals surface area contributed by atoms with Crippen LogP contribution in [0.5, 0.6) is 0 Å². The van der Waals surface area contributed by atoms with Gasteiger partial charge < -0.3 is 10.6 Å². The molecule has 126 valence electrons. The second-order valence-electron chi connectivity index (χ2n) is 6.80. The van der Waals surface area contributed by atoms with E-state index in [9.17, 15) is 4.79 Å². The van der Waals surface area contributed by atoms with Crippen LogP contribution in [0.25, 0.3) is 10.8 Å². The maximum Gasteiger partial charge on any atom is 0.251 e. The highest BCUT2D eigenvalue weighted by Crippen LogP contribution is 2.24. The summed E-state index contributed by atoms with van der Waals surface area (Å²) in [5.74, 6) is 0.0247.